The zero-order valence-electron chi connectivity index (χ0n) is 12.8. The van der Waals surface area contributed by atoms with Gasteiger partial charge in [0.2, 0.25) is 0 Å². The van der Waals surface area contributed by atoms with Gasteiger partial charge in [0.1, 0.15) is 0 Å². The molecule has 0 saturated carbocycles. The van der Waals surface area contributed by atoms with Crippen molar-refractivity contribution >= 4 is 22.9 Å². The molecule has 0 atom stereocenters. The van der Waals surface area contributed by atoms with Crippen molar-refractivity contribution in [2.75, 3.05) is 7.05 Å². The molecule has 0 unspecified atom stereocenters. The van der Waals surface area contributed by atoms with Gasteiger partial charge in [-0.25, -0.2) is 0 Å². The zero-order valence-corrected chi connectivity index (χ0v) is 14.3. The summed E-state index contributed by atoms with van der Waals surface area (Å²) in [6.07, 6.45) is 0. The van der Waals surface area contributed by atoms with E-state index in [1.807, 2.05) is 42.5 Å². The van der Waals surface area contributed by atoms with Crippen LogP contribution in [0, 0.1) is 0 Å². The lowest BCUT2D eigenvalue weighted by atomic mass is 10.1. The second-order valence-electron chi connectivity index (χ2n) is 5.48. The molecule has 1 aromatic heterocycles. The highest BCUT2D eigenvalue weighted by Crippen LogP contribution is 2.26. The van der Waals surface area contributed by atoms with Gasteiger partial charge in [-0.15, -0.1) is 0 Å². The third-order valence-electron chi connectivity index (χ3n) is 3.56. The van der Waals surface area contributed by atoms with E-state index in [0.717, 1.165) is 29.2 Å². The lowest BCUT2D eigenvalue weighted by molar-refractivity contribution is 0.322. The van der Waals surface area contributed by atoms with Crippen molar-refractivity contribution in [2.45, 2.75) is 13.1 Å². The summed E-state index contributed by atoms with van der Waals surface area (Å²) in [4.78, 5) is 18.0. The number of halogens is 1. The van der Waals surface area contributed by atoms with Crippen molar-refractivity contribution in [1.82, 2.24) is 9.88 Å². The van der Waals surface area contributed by atoms with Gasteiger partial charge >= 0.3 is 4.87 Å². The van der Waals surface area contributed by atoms with E-state index in [2.05, 4.69) is 29.1 Å². The molecule has 5 heteroatoms. The molecule has 0 amide bonds. The summed E-state index contributed by atoms with van der Waals surface area (Å²) < 4.78 is 0. The number of rotatable bonds is 5. The molecular weight excluding hydrogens is 328 g/mol. The van der Waals surface area contributed by atoms with Crippen LogP contribution in [0.5, 0.6) is 0 Å². The van der Waals surface area contributed by atoms with Crippen LogP contribution in [-0.2, 0) is 13.1 Å². The SMILES string of the molecule is CN(Cc1ccccc1)Cc1sc(=O)[nH]c1-c1ccc(Cl)cc1. The number of nitrogens with zero attached hydrogens (tertiary/aromatic N) is 1. The van der Waals surface area contributed by atoms with Crippen LogP contribution in [0.15, 0.2) is 59.4 Å². The highest BCUT2D eigenvalue weighted by molar-refractivity contribution is 7.09. The minimum absolute atomic E-state index is 0.0296. The Labute approximate surface area is 144 Å². The van der Waals surface area contributed by atoms with Crippen molar-refractivity contribution in [3.63, 3.8) is 0 Å². The van der Waals surface area contributed by atoms with Gasteiger partial charge in [-0.2, -0.15) is 0 Å². The number of hydrogen-bond donors (Lipinski definition) is 1. The molecule has 0 bridgehead atoms. The van der Waals surface area contributed by atoms with E-state index < -0.39 is 0 Å². The van der Waals surface area contributed by atoms with Crippen LogP contribution in [0.2, 0.25) is 5.02 Å². The van der Waals surface area contributed by atoms with E-state index in [4.69, 9.17) is 11.6 Å². The van der Waals surface area contributed by atoms with Crippen LogP contribution in [-0.4, -0.2) is 16.9 Å². The maximum Gasteiger partial charge on any atom is 0.305 e. The number of nitrogens with one attached hydrogen (secondary N) is 1. The number of H-pyrrole nitrogens is 1. The Kier molecular flexibility index (Phi) is 4.96. The second kappa shape index (κ2) is 7.13. The van der Waals surface area contributed by atoms with Crippen LogP contribution < -0.4 is 4.87 Å². The minimum Gasteiger partial charge on any atom is -0.312 e. The normalized spacial score (nSPS) is 11.1. The van der Waals surface area contributed by atoms with Gasteiger partial charge in [-0.1, -0.05) is 65.4 Å². The summed E-state index contributed by atoms with van der Waals surface area (Å²) >= 11 is 7.21. The summed E-state index contributed by atoms with van der Waals surface area (Å²) in [5, 5.41) is 0.689. The Morgan fingerprint density at radius 1 is 1.04 bits per heavy atom. The predicted octanol–water partition coefficient (Wildman–Crippen LogP) is 4.39. The maximum atomic E-state index is 11.8. The van der Waals surface area contributed by atoms with Gasteiger partial charge in [0, 0.05) is 23.0 Å². The fourth-order valence-corrected chi connectivity index (χ4v) is 3.58. The van der Waals surface area contributed by atoms with E-state index in [1.165, 1.54) is 16.9 Å². The van der Waals surface area contributed by atoms with Crippen molar-refractivity contribution < 1.29 is 0 Å². The molecule has 1 N–H and O–H groups in total. The molecule has 0 saturated heterocycles. The number of benzene rings is 2. The largest absolute Gasteiger partial charge is 0.312 e. The molecule has 1 heterocycles. The molecule has 118 valence electrons. The Morgan fingerprint density at radius 2 is 1.74 bits per heavy atom. The van der Waals surface area contributed by atoms with Gasteiger partial charge in [-0.05, 0) is 30.3 Å². The summed E-state index contributed by atoms with van der Waals surface area (Å²) in [5.74, 6) is 0. The summed E-state index contributed by atoms with van der Waals surface area (Å²) in [6, 6.07) is 17.8. The highest BCUT2D eigenvalue weighted by atomic mass is 35.5. The van der Waals surface area contributed by atoms with E-state index in [-0.39, 0.29) is 4.87 Å². The van der Waals surface area contributed by atoms with Crippen molar-refractivity contribution in [2.24, 2.45) is 0 Å². The standard InChI is InChI=1S/C18H17ClN2OS/c1-21(11-13-5-3-2-4-6-13)12-16-17(20-18(22)23-16)14-7-9-15(19)10-8-14/h2-10H,11-12H2,1H3,(H,20,22). The highest BCUT2D eigenvalue weighted by Gasteiger charge is 2.12. The Balaban J connectivity index is 1.80. The topological polar surface area (TPSA) is 36.1 Å². The smallest absolute Gasteiger partial charge is 0.305 e. The van der Waals surface area contributed by atoms with Crippen molar-refractivity contribution in [1.29, 1.82) is 0 Å². The number of thiazole rings is 1. The molecule has 0 aliphatic carbocycles. The van der Waals surface area contributed by atoms with Crippen molar-refractivity contribution in [3.8, 4) is 11.3 Å². The first-order valence-electron chi connectivity index (χ1n) is 7.32. The van der Waals surface area contributed by atoms with Gasteiger partial charge < -0.3 is 4.98 Å². The molecule has 3 nitrogen and oxygen atoms in total. The van der Waals surface area contributed by atoms with Crippen LogP contribution in [0.3, 0.4) is 0 Å². The predicted molar refractivity (Wildman–Crippen MR) is 97.0 cm³/mol. The van der Waals surface area contributed by atoms with Gasteiger partial charge in [0.05, 0.1) is 5.69 Å². The van der Waals surface area contributed by atoms with Crippen LogP contribution >= 0.6 is 22.9 Å². The van der Waals surface area contributed by atoms with E-state index in [0.29, 0.717) is 5.02 Å². The average Bonchev–Trinajstić information content (AvgIpc) is 2.89. The van der Waals surface area contributed by atoms with E-state index in [1.54, 1.807) is 0 Å². The molecule has 0 radical (unpaired) electrons. The fraction of sp³-hybridized carbons (Fsp3) is 0.167. The van der Waals surface area contributed by atoms with Gasteiger partial charge in [0.25, 0.3) is 0 Å². The monoisotopic (exact) mass is 344 g/mol. The zero-order chi connectivity index (χ0) is 16.2. The fourth-order valence-electron chi connectivity index (χ4n) is 2.52. The molecule has 0 aliphatic heterocycles. The van der Waals surface area contributed by atoms with Crippen LogP contribution in [0.1, 0.15) is 10.4 Å². The lowest BCUT2D eigenvalue weighted by Crippen LogP contribution is -2.16. The maximum absolute atomic E-state index is 11.8. The van der Waals surface area contributed by atoms with E-state index in [9.17, 15) is 4.79 Å². The molecule has 23 heavy (non-hydrogen) atoms. The number of hydrogen-bond acceptors (Lipinski definition) is 3. The Bertz CT molecular complexity index is 824. The third-order valence-corrected chi connectivity index (χ3v) is 4.68. The minimum atomic E-state index is -0.0296. The Hall–Kier alpha value is -1.88. The average molecular weight is 345 g/mol. The van der Waals surface area contributed by atoms with Gasteiger partial charge in [-0.3, -0.25) is 9.69 Å². The molecule has 3 rings (SSSR count). The molecule has 0 spiro atoms. The summed E-state index contributed by atoms with van der Waals surface area (Å²) in [7, 11) is 2.06. The quantitative estimate of drug-likeness (QED) is 0.745. The number of aromatic nitrogens is 1. The molecule has 2 aromatic carbocycles. The lowest BCUT2D eigenvalue weighted by Gasteiger charge is -2.16. The van der Waals surface area contributed by atoms with Gasteiger partial charge in [0.15, 0.2) is 0 Å². The van der Waals surface area contributed by atoms with E-state index >= 15 is 0 Å². The third kappa shape index (κ3) is 4.10. The summed E-state index contributed by atoms with van der Waals surface area (Å²) in [6.45, 7) is 1.56. The molecule has 0 aliphatic rings. The molecule has 3 aromatic rings. The van der Waals surface area contributed by atoms with Crippen LogP contribution in [0.25, 0.3) is 11.3 Å². The first-order chi connectivity index (χ1) is 11.1. The first kappa shape index (κ1) is 16.0. The summed E-state index contributed by atoms with van der Waals surface area (Å²) in [5.41, 5.74) is 3.12. The van der Waals surface area contributed by atoms with Crippen molar-refractivity contribution in [3.05, 3.63) is 79.7 Å². The van der Waals surface area contributed by atoms with Crippen LogP contribution in [0.4, 0.5) is 0 Å². The second-order valence-corrected chi connectivity index (χ2v) is 6.98. The number of aromatic amines is 1. The molecule has 0 fully saturated rings. The first-order valence-corrected chi connectivity index (χ1v) is 8.51. The Morgan fingerprint density at radius 3 is 2.43 bits per heavy atom. The molecular formula is C18H17ClN2OS.